The largest absolute Gasteiger partial charge is 0.375 e. The molecule has 2 saturated heterocycles. The molecule has 2 aliphatic rings. The number of carbonyl (C=O) groups excluding carboxylic acids is 1. The van der Waals surface area contributed by atoms with Crippen molar-refractivity contribution in [1.82, 2.24) is 9.88 Å². The number of nitrogens with zero attached hydrogens (tertiary/aromatic N) is 2. The minimum absolute atomic E-state index is 0.0403. The van der Waals surface area contributed by atoms with Gasteiger partial charge in [-0.25, -0.2) is 0 Å². The number of benzene rings is 1. The number of carbonyl (C=O) groups is 1. The maximum Gasteiger partial charge on any atom is 0.222 e. The number of rotatable bonds is 2. The van der Waals surface area contributed by atoms with Crippen molar-refractivity contribution in [2.45, 2.75) is 44.2 Å². The van der Waals surface area contributed by atoms with E-state index in [-0.39, 0.29) is 11.5 Å². The Morgan fingerprint density at radius 3 is 2.96 bits per heavy atom. The third-order valence-electron chi connectivity index (χ3n) is 5.25. The molecule has 0 bridgehead atoms. The molecule has 0 N–H and O–H groups in total. The number of ether oxygens (including phenoxy) is 1. The lowest BCUT2D eigenvalue weighted by molar-refractivity contribution is -0.131. The van der Waals surface area contributed by atoms with E-state index < -0.39 is 0 Å². The van der Waals surface area contributed by atoms with Crippen molar-refractivity contribution in [2.24, 2.45) is 0 Å². The zero-order chi connectivity index (χ0) is 15.7. The van der Waals surface area contributed by atoms with Crippen LogP contribution in [0.4, 0.5) is 0 Å². The molecule has 1 spiro atoms. The SMILES string of the molecule is O=C1CC[C@@]2(CCCO2)CCN1Cc1cccc2cccnc12. The molecule has 0 radical (unpaired) electrons. The standard InChI is InChI=1S/C19H22N2O2/c22-17-7-9-19(8-3-13-23-19)10-12-21(17)14-16-5-1-4-15-6-2-11-20-18(15)16/h1-2,4-6,11H,3,7-10,12-14H2/t19-/m0/s1. The van der Waals surface area contributed by atoms with Gasteiger partial charge in [0.2, 0.25) is 5.91 Å². The van der Waals surface area contributed by atoms with Gasteiger partial charge in [0.1, 0.15) is 0 Å². The number of hydrogen-bond donors (Lipinski definition) is 0. The maximum absolute atomic E-state index is 12.5. The minimum atomic E-state index is -0.0403. The predicted molar refractivity (Wildman–Crippen MR) is 88.9 cm³/mol. The molecule has 23 heavy (non-hydrogen) atoms. The lowest BCUT2D eigenvalue weighted by Gasteiger charge is -2.26. The van der Waals surface area contributed by atoms with Crippen LogP contribution >= 0.6 is 0 Å². The van der Waals surface area contributed by atoms with Crippen LogP contribution < -0.4 is 0 Å². The first-order chi connectivity index (χ1) is 11.3. The Kier molecular flexibility index (Phi) is 3.77. The molecule has 4 heteroatoms. The van der Waals surface area contributed by atoms with Gasteiger partial charge in [-0.2, -0.15) is 0 Å². The van der Waals surface area contributed by atoms with Crippen molar-refractivity contribution in [3.05, 3.63) is 42.1 Å². The minimum Gasteiger partial charge on any atom is -0.375 e. The van der Waals surface area contributed by atoms with Crippen LogP contribution in [0.2, 0.25) is 0 Å². The summed E-state index contributed by atoms with van der Waals surface area (Å²) in [6.07, 6.45) is 6.47. The van der Waals surface area contributed by atoms with E-state index in [4.69, 9.17) is 4.74 Å². The van der Waals surface area contributed by atoms with Gasteiger partial charge in [-0.1, -0.05) is 24.3 Å². The van der Waals surface area contributed by atoms with Crippen molar-refractivity contribution in [3.8, 4) is 0 Å². The van der Waals surface area contributed by atoms with Gasteiger partial charge < -0.3 is 9.64 Å². The molecule has 1 aromatic heterocycles. The molecule has 3 heterocycles. The Balaban J connectivity index is 1.56. The summed E-state index contributed by atoms with van der Waals surface area (Å²) in [5.41, 5.74) is 2.08. The third-order valence-corrected chi connectivity index (χ3v) is 5.25. The predicted octanol–water partition coefficient (Wildman–Crippen LogP) is 3.30. The highest BCUT2D eigenvalue weighted by Crippen LogP contribution is 2.36. The number of likely N-dealkylation sites (tertiary alicyclic amines) is 1. The Bertz CT molecular complexity index is 717. The van der Waals surface area contributed by atoms with E-state index in [0.29, 0.717) is 13.0 Å². The van der Waals surface area contributed by atoms with Crippen LogP contribution in [0.3, 0.4) is 0 Å². The molecule has 1 aromatic carbocycles. The molecule has 120 valence electrons. The van der Waals surface area contributed by atoms with Gasteiger partial charge in [0.25, 0.3) is 0 Å². The van der Waals surface area contributed by atoms with Gasteiger partial charge in [0.15, 0.2) is 0 Å². The van der Waals surface area contributed by atoms with E-state index in [0.717, 1.165) is 55.3 Å². The summed E-state index contributed by atoms with van der Waals surface area (Å²) in [5.74, 6) is 0.241. The van der Waals surface area contributed by atoms with Gasteiger partial charge >= 0.3 is 0 Å². The van der Waals surface area contributed by atoms with Crippen LogP contribution in [0, 0.1) is 0 Å². The summed E-state index contributed by atoms with van der Waals surface area (Å²) in [4.78, 5) is 19.0. The van der Waals surface area contributed by atoms with Crippen LogP contribution in [0.25, 0.3) is 10.9 Å². The first-order valence-electron chi connectivity index (χ1n) is 8.50. The zero-order valence-electron chi connectivity index (χ0n) is 13.3. The van der Waals surface area contributed by atoms with Crippen molar-refractivity contribution in [2.75, 3.05) is 13.2 Å². The second kappa shape index (κ2) is 5.93. The third kappa shape index (κ3) is 2.83. The highest BCUT2D eigenvalue weighted by molar-refractivity contribution is 5.82. The average Bonchev–Trinajstić information content (AvgIpc) is 3.00. The molecular weight excluding hydrogens is 288 g/mol. The van der Waals surface area contributed by atoms with Crippen LogP contribution in [0.15, 0.2) is 36.5 Å². The molecular formula is C19H22N2O2. The van der Waals surface area contributed by atoms with Crippen molar-refractivity contribution >= 4 is 16.8 Å². The Morgan fingerprint density at radius 2 is 2.09 bits per heavy atom. The first-order valence-corrected chi connectivity index (χ1v) is 8.50. The summed E-state index contributed by atoms with van der Waals surface area (Å²) in [6, 6.07) is 10.2. The molecule has 0 saturated carbocycles. The highest BCUT2D eigenvalue weighted by atomic mass is 16.5. The molecule has 1 atom stereocenters. The molecule has 0 unspecified atom stereocenters. The second-order valence-electron chi connectivity index (χ2n) is 6.69. The first kappa shape index (κ1) is 14.6. The topological polar surface area (TPSA) is 42.4 Å². The molecule has 4 nitrogen and oxygen atoms in total. The van der Waals surface area contributed by atoms with Crippen LogP contribution in [-0.4, -0.2) is 34.5 Å². The number of fused-ring (bicyclic) bond motifs is 1. The van der Waals surface area contributed by atoms with Gasteiger partial charge in [0, 0.05) is 37.7 Å². The molecule has 2 aliphatic heterocycles. The number of aromatic nitrogens is 1. The Morgan fingerprint density at radius 1 is 1.17 bits per heavy atom. The lowest BCUT2D eigenvalue weighted by Crippen LogP contribution is -2.32. The van der Waals surface area contributed by atoms with E-state index >= 15 is 0 Å². The number of para-hydroxylation sites is 1. The van der Waals surface area contributed by atoms with Crippen molar-refractivity contribution < 1.29 is 9.53 Å². The summed E-state index contributed by atoms with van der Waals surface area (Å²) in [5, 5.41) is 1.13. The summed E-state index contributed by atoms with van der Waals surface area (Å²) >= 11 is 0. The van der Waals surface area contributed by atoms with Gasteiger partial charge in [-0.05, 0) is 37.3 Å². The number of amides is 1. The zero-order valence-corrected chi connectivity index (χ0v) is 13.3. The van der Waals surface area contributed by atoms with E-state index in [1.807, 2.05) is 23.2 Å². The van der Waals surface area contributed by atoms with E-state index in [9.17, 15) is 4.79 Å². The average molecular weight is 310 g/mol. The number of hydrogen-bond acceptors (Lipinski definition) is 3. The van der Waals surface area contributed by atoms with Crippen LogP contribution in [0.1, 0.15) is 37.7 Å². The van der Waals surface area contributed by atoms with Gasteiger partial charge in [-0.15, -0.1) is 0 Å². The fourth-order valence-corrected chi connectivity index (χ4v) is 3.90. The van der Waals surface area contributed by atoms with Crippen LogP contribution in [0.5, 0.6) is 0 Å². The molecule has 2 aromatic rings. The van der Waals surface area contributed by atoms with Gasteiger partial charge in [0.05, 0.1) is 11.1 Å². The molecule has 1 amide bonds. The Labute approximate surface area is 136 Å². The quantitative estimate of drug-likeness (QED) is 0.855. The number of pyridine rings is 1. The van der Waals surface area contributed by atoms with E-state index in [2.05, 4.69) is 23.2 Å². The molecule has 0 aliphatic carbocycles. The van der Waals surface area contributed by atoms with Crippen molar-refractivity contribution in [3.63, 3.8) is 0 Å². The summed E-state index contributed by atoms with van der Waals surface area (Å²) < 4.78 is 5.99. The second-order valence-corrected chi connectivity index (χ2v) is 6.69. The summed E-state index contributed by atoms with van der Waals surface area (Å²) in [7, 11) is 0. The fraction of sp³-hybridized carbons (Fsp3) is 0.474. The smallest absolute Gasteiger partial charge is 0.222 e. The van der Waals surface area contributed by atoms with E-state index in [1.165, 1.54) is 0 Å². The van der Waals surface area contributed by atoms with Gasteiger partial charge in [-0.3, -0.25) is 9.78 Å². The monoisotopic (exact) mass is 310 g/mol. The highest BCUT2D eigenvalue weighted by Gasteiger charge is 2.38. The normalized spacial score (nSPS) is 25.2. The maximum atomic E-state index is 12.5. The Hall–Kier alpha value is -1.94. The lowest BCUT2D eigenvalue weighted by atomic mass is 9.92. The van der Waals surface area contributed by atoms with E-state index in [1.54, 1.807) is 0 Å². The fourth-order valence-electron chi connectivity index (χ4n) is 3.90. The van der Waals surface area contributed by atoms with Crippen LogP contribution in [-0.2, 0) is 16.1 Å². The summed E-state index contributed by atoms with van der Waals surface area (Å²) in [6.45, 7) is 2.27. The van der Waals surface area contributed by atoms with Crippen molar-refractivity contribution in [1.29, 1.82) is 0 Å². The molecule has 4 rings (SSSR count). The molecule has 2 fully saturated rings.